The molecule has 2 amide bonds. The summed E-state index contributed by atoms with van der Waals surface area (Å²) in [6.45, 7) is 4.57. The van der Waals surface area contributed by atoms with Gasteiger partial charge in [0.25, 0.3) is 5.91 Å². The molecule has 0 saturated carbocycles. The van der Waals surface area contributed by atoms with E-state index in [1.165, 1.54) is 30.2 Å². The molecular weight excluding hydrogens is 426 g/mol. The van der Waals surface area contributed by atoms with Crippen LogP contribution in [0.3, 0.4) is 0 Å². The van der Waals surface area contributed by atoms with Crippen LogP contribution in [-0.2, 0) is 17.9 Å². The molecule has 3 aromatic rings. The Balaban J connectivity index is 1.58. The van der Waals surface area contributed by atoms with Crippen LogP contribution in [0.5, 0.6) is 5.75 Å². The van der Waals surface area contributed by atoms with E-state index in [1.807, 2.05) is 18.4 Å². The van der Waals surface area contributed by atoms with Crippen molar-refractivity contribution in [2.24, 2.45) is 0 Å². The van der Waals surface area contributed by atoms with Crippen molar-refractivity contribution in [1.82, 2.24) is 30.3 Å². The summed E-state index contributed by atoms with van der Waals surface area (Å²) in [5, 5.41) is 23.4. The van der Waals surface area contributed by atoms with Crippen LogP contribution in [0.2, 0.25) is 0 Å². The van der Waals surface area contributed by atoms with E-state index in [2.05, 4.69) is 31.0 Å². The first-order valence-electron chi connectivity index (χ1n) is 9.07. The summed E-state index contributed by atoms with van der Waals surface area (Å²) in [6.07, 6.45) is 0. The molecule has 2 aromatic heterocycles. The van der Waals surface area contributed by atoms with Gasteiger partial charge < -0.3 is 14.6 Å². The van der Waals surface area contributed by atoms with Gasteiger partial charge in [-0.15, -0.1) is 20.4 Å². The third-order valence-corrected chi connectivity index (χ3v) is 5.69. The molecule has 0 fully saturated rings. The van der Waals surface area contributed by atoms with Crippen molar-refractivity contribution in [2.45, 2.75) is 32.1 Å². The fourth-order valence-electron chi connectivity index (χ4n) is 2.59. The average molecular weight is 448 g/mol. The van der Waals surface area contributed by atoms with E-state index in [0.717, 1.165) is 5.01 Å². The van der Waals surface area contributed by atoms with Crippen LogP contribution in [0.4, 0.5) is 5.13 Å². The lowest BCUT2D eigenvalue weighted by atomic mass is 10.2. The number of rotatable bonds is 9. The maximum absolute atomic E-state index is 12.5. The van der Waals surface area contributed by atoms with E-state index in [9.17, 15) is 9.59 Å². The number of aromatic nitrogens is 5. The predicted molar refractivity (Wildman–Crippen MR) is 114 cm³/mol. The lowest BCUT2D eigenvalue weighted by Crippen LogP contribution is -2.25. The predicted octanol–water partition coefficient (Wildman–Crippen LogP) is 2.13. The number of ether oxygens (including phenoxy) is 1. The van der Waals surface area contributed by atoms with Gasteiger partial charge in [-0.25, -0.2) is 0 Å². The topological polar surface area (TPSA) is 124 Å². The molecule has 30 heavy (non-hydrogen) atoms. The molecule has 0 aliphatic heterocycles. The van der Waals surface area contributed by atoms with E-state index in [1.54, 1.807) is 24.3 Å². The number of hydrogen-bond donors (Lipinski definition) is 2. The number of hydrogen-bond acceptors (Lipinski definition) is 9. The maximum atomic E-state index is 12.5. The van der Waals surface area contributed by atoms with Crippen LogP contribution in [0.1, 0.15) is 28.1 Å². The van der Waals surface area contributed by atoms with E-state index in [0.29, 0.717) is 34.0 Å². The summed E-state index contributed by atoms with van der Waals surface area (Å²) in [4.78, 5) is 24.6. The number of anilines is 1. The largest absolute Gasteiger partial charge is 0.496 e. The van der Waals surface area contributed by atoms with E-state index < -0.39 is 0 Å². The van der Waals surface area contributed by atoms with Crippen molar-refractivity contribution < 1.29 is 14.3 Å². The Hall–Kier alpha value is -2.99. The molecule has 2 N–H and O–H groups in total. The zero-order valence-corrected chi connectivity index (χ0v) is 18.3. The Morgan fingerprint density at radius 1 is 1.20 bits per heavy atom. The highest BCUT2D eigenvalue weighted by Gasteiger charge is 2.16. The minimum absolute atomic E-state index is 0.157. The summed E-state index contributed by atoms with van der Waals surface area (Å²) in [7, 11) is 1.52. The van der Waals surface area contributed by atoms with Crippen molar-refractivity contribution in [3.63, 3.8) is 0 Å². The third kappa shape index (κ3) is 5.33. The lowest BCUT2D eigenvalue weighted by molar-refractivity contribution is -0.113. The van der Waals surface area contributed by atoms with Gasteiger partial charge >= 0.3 is 0 Å². The summed E-state index contributed by atoms with van der Waals surface area (Å²) in [6, 6.07) is 6.99. The molecule has 0 atom stereocenters. The number of nitrogens with zero attached hydrogens (tertiary/aromatic N) is 5. The number of amides is 2. The van der Waals surface area contributed by atoms with Gasteiger partial charge in [-0.1, -0.05) is 35.2 Å². The minimum Gasteiger partial charge on any atom is -0.496 e. The third-order valence-electron chi connectivity index (χ3n) is 3.97. The second kappa shape index (κ2) is 10.2. The van der Waals surface area contributed by atoms with Crippen molar-refractivity contribution in [2.75, 3.05) is 18.2 Å². The monoisotopic (exact) mass is 447 g/mol. The first-order chi connectivity index (χ1) is 14.5. The van der Waals surface area contributed by atoms with Gasteiger partial charge in [0, 0.05) is 6.54 Å². The second-order valence-electron chi connectivity index (χ2n) is 5.99. The number of para-hydroxylation sites is 1. The number of nitrogens with one attached hydrogen (secondary N) is 2. The zero-order chi connectivity index (χ0) is 21.5. The molecule has 12 heteroatoms. The van der Waals surface area contributed by atoms with Crippen molar-refractivity contribution in [1.29, 1.82) is 0 Å². The first kappa shape index (κ1) is 21.7. The van der Waals surface area contributed by atoms with Gasteiger partial charge in [0.2, 0.25) is 11.0 Å². The van der Waals surface area contributed by atoms with Crippen LogP contribution in [0.25, 0.3) is 0 Å². The van der Waals surface area contributed by atoms with Gasteiger partial charge in [-0.3, -0.25) is 14.9 Å². The Labute approximate surface area is 181 Å². The Morgan fingerprint density at radius 3 is 2.70 bits per heavy atom. The summed E-state index contributed by atoms with van der Waals surface area (Å²) in [5.74, 6) is 0.791. The summed E-state index contributed by atoms with van der Waals surface area (Å²) in [5.41, 5.74) is 0.445. The first-order valence-corrected chi connectivity index (χ1v) is 10.9. The van der Waals surface area contributed by atoms with Crippen LogP contribution in [-0.4, -0.2) is 49.6 Å². The molecule has 0 saturated heterocycles. The van der Waals surface area contributed by atoms with Gasteiger partial charge in [-0.2, -0.15) is 0 Å². The lowest BCUT2D eigenvalue weighted by Gasteiger charge is -2.10. The molecule has 3 rings (SSSR count). The number of methoxy groups -OCH3 is 1. The second-order valence-corrected chi connectivity index (χ2v) is 8.11. The number of thioether (sulfide) groups is 1. The number of carbonyl (C=O) groups is 2. The molecule has 1 aromatic carbocycles. The Bertz CT molecular complexity index is 1030. The molecule has 0 aliphatic carbocycles. The maximum Gasteiger partial charge on any atom is 0.255 e. The van der Waals surface area contributed by atoms with Gasteiger partial charge in [0.15, 0.2) is 11.0 Å². The quantitative estimate of drug-likeness (QED) is 0.478. The van der Waals surface area contributed by atoms with Gasteiger partial charge in [-0.05, 0) is 26.0 Å². The molecule has 158 valence electrons. The van der Waals surface area contributed by atoms with Crippen LogP contribution in [0, 0.1) is 6.92 Å². The zero-order valence-electron chi connectivity index (χ0n) is 16.7. The number of benzene rings is 1. The van der Waals surface area contributed by atoms with Gasteiger partial charge in [0.05, 0.1) is 25.0 Å². The molecule has 0 aliphatic rings. The molecular formula is C18H21N7O3S2. The van der Waals surface area contributed by atoms with Crippen molar-refractivity contribution in [3.8, 4) is 5.75 Å². The molecule has 2 heterocycles. The smallest absolute Gasteiger partial charge is 0.255 e. The van der Waals surface area contributed by atoms with Crippen LogP contribution in [0.15, 0.2) is 29.4 Å². The fraction of sp³-hybridized carbons (Fsp3) is 0.333. The average Bonchev–Trinajstić information content (AvgIpc) is 3.35. The Morgan fingerprint density at radius 2 is 2.00 bits per heavy atom. The normalized spacial score (nSPS) is 10.6. The van der Waals surface area contributed by atoms with Crippen LogP contribution < -0.4 is 15.4 Å². The van der Waals surface area contributed by atoms with E-state index in [-0.39, 0.29) is 24.1 Å². The van der Waals surface area contributed by atoms with E-state index in [4.69, 9.17) is 4.74 Å². The molecule has 0 spiro atoms. The molecule has 0 unspecified atom stereocenters. The molecule has 10 nitrogen and oxygen atoms in total. The van der Waals surface area contributed by atoms with E-state index >= 15 is 0 Å². The molecule has 0 radical (unpaired) electrons. The number of aryl methyl sites for hydroxylation is 1. The van der Waals surface area contributed by atoms with Gasteiger partial charge in [0.1, 0.15) is 10.8 Å². The van der Waals surface area contributed by atoms with Crippen molar-refractivity contribution >= 4 is 40.0 Å². The SMILES string of the molecule is CCn1c(CNC(=O)c2ccccc2OC)nnc1SCC(=O)Nc1nnc(C)s1. The highest BCUT2D eigenvalue weighted by molar-refractivity contribution is 7.99. The highest BCUT2D eigenvalue weighted by Crippen LogP contribution is 2.20. The number of carbonyl (C=O) groups excluding carboxylic acids is 2. The molecule has 0 bridgehead atoms. The Kier molecular flexibility index (Phi) is 7.36. The summed E-state index contributed by atoms with van der Waals surface area (Å²) < 4.78 is 7.08. The highest BCUT2D eigenvalue weighted by atomic mass is 32.2. The van der Waals surface area contributed by atoms with Crippen molar-refractivity contribution in [3.05, 3.63) is 40.7 Å². The summed E-state index contributed by atoms with van der Waals surface area (Å²) >= 11 is 2.58. The van der Waals surface area contributed by atoms with Crippen LogP contribution >= 0.6 is 23.1 Å². The minimum atomic E-state index is -0.265. The standard InChI is InChI=1S/C18H21N7O3S2/c1-4-25-14(9-19-16(27)12-7-5-6-8-13(12)28-3)22-24-18(25)29-10-15(26)20-17-23-21-11(2)30-17/h5-8H,4,9-10H2,1-3H3,(H,19,27)(H,20,23,26). The fourth-order valence-corrected chi connectivity index (χ4v) is 4.02.